The third-order valence-corrected chi connectivity index (χ3v) is 5.96. The predicted molar refractivity (Wildman–Crippen MR) is 101 cm³/mol. The van der Waals surface area contributed by atoms with Gasteiger partial charge in [-0.25, -0.2) is 4.98 Å². The number of aromatic nitrogens is 1. The minimum atomic E-state index is -0.204. The van der Waals surface area contributed by atoms with E-state index in [1.165, 1.54) is 0 Å². The first-order valence-electron chi connectivity index (χ1n) is 8.32. The molecule has 132 valence electrons. The molecule has 0 unspecified atom stereocenters. The summed E-state index contributed by atoms with van der Waals surface area (Å²) in [5, 5.41) is 5.85. The van der Waals surface area contributed by atoms with E-state index in [-0.39, 0.29) is 18.4 Å². The molecule has 1 fully saturated rings. The van der Waals surface area contributed by atoms with E-state index >= 15 is 0 Å². The second kappa shape index (κ2) is 8.49. The Hall–Kier alpha value is -1.86. The van der Waals surface area contributed by atoms with Crippen LogP contribution in [0.2, 0.25) is 0 Å². The summed E-state index contributed by atoms with van der Waals surface area (Å²) < 4.78 is 0. The Morgan fingerprint density at radius 2 is 2.04 bits per heavy atom. The van der Waals surface area contributed by atoms with Crippen LogP contribution in [0.4, 0.5) is 0 Å². The monoisotopic (exact) mass is 375 g/mol. The van der Waals surface area contributed by atoms with Crippen LogP contribution in [-0.4, -0.2) is 41.3 Å². The maximum atomic E-state index is 12.5. The van der Waals surface area contributed by atoms with Gasteiger partial charge in [0.1, 0.15) is 0 Å². The van der Waals surface area contributed by atoms with Crippen molar-refractivity contribution in [1.29, 1.82) is 0 Å². The minimum absolute atomic E-state index is 0.00562. The fraction of sp³-hybridized carbons (Fsp3) is 0.389. The van der Waals surface area contributed by atoms with Gasteiger partial charge in [0.2, 0.25) is 5.91 Å². The number of benzene rings is 1. The molecule has 2 aromatic rings. The van der Waals surface area contributed by atoms with Gasteiger partial charge in [0.15, 0.2) is 0 Å². The average Bonchev–Trinajstić information content (AvgIpc) is 3.29. The van der Waals surface area contributed by atoms with Crippen molar-refractivity contribution in [3.8, 4) is 0 Å². The smallest absolute Gasteiger partial charge is 0.252 e. The summed E-state index contributed by atoms with van der Waals surface area (Å²) >= 11 is 3.22. The first-order chi connectivity index (χ1) is 12.1. The highest BCUT2D eigenvalue weighted by molar-refractivity contribution is 7.98. The molecule has 1 saturated heterocycles. The second-order valence-electron chi connectivity index (χ2n) is 5.91. The van der Waals surface area contributed by atoms with E-state index < -0.39 is 0 Å². The molecule has 25 heavy (non-hydrogen) atoms. The zero-order valence-corrected chi connectivity index (χ0v) is 15.8. The molecule has 1 aromatic heterocycles. The van der Waals surface area contributed by atoms with Crippen molar-refractivity contribution < 1.29 is 9.59 Å². The highest BCUT2D eigenvalue weighted by Crippen LogP contribution is 2.26. The van der Waals surface area contributed by atoms with Crippen molar-refractivity contribution in [2.24, 2.45) is 0 Å². The van der Waals surface area contributed by atoms with Gasteiger partial charge in [-0.1, -0.05) is 12.1 Å². The summed E-state index contributed by atoms with van der Waals surface area (Å²) in [4.78, 5) is 31.7. The first-order valence-corrected chi connectivity index (χ1v) is 10.2. The van der Waals surface area contributed by atoms with Crippen LogP contribution in [0.25, 0.3) is 0 Å². The number of carbonyl (C=O) groups is 2. The van der Waals surface area contributed by atoms with Crippen LogP contribution >= 0.6 is 23.1 Å². The van der Waals surface area contributed by atoms with Crippen molar-refractivity contribution in [1.82, 2.24) is 15.2 Å². The van der Waals surface area contributed by atoms with E-state index in [9.17, 15) is 9.59 Å². The van der Waals surface area contributed by atoms with E-state index in [0.29, 0.717) is 5.56 Å². The topological polar surface area (TPSA) is 62.3 Å². The number of nitrogens with zero attached hydrogens (tertiary/aromatic N) is 2. The van der Waals surface area contributed by atoms with Gasteiger partial charge in [0.05, 0.1) is 22.8 Å². The Balaban J connectivity index is 1.59. The molecule has 1 aromatic carbocycles. The molecule has 3 rings (SSSR count). The third kappa shape index (κ3) is 4.83. The maximum Gasteiger partial charge on any atom is 0.252 e. The molecule has 1 aliphatic heterocycles. The van der Waals surface area contributed by atoms with Crippen LogP contribution in [0, 0.1) is 6.92 Å². The second-order valence-corrected chi connectivity index (χ2v) is 7.99. The van der Waals surface area contributed by atoms with Gasteiger partial charge in [-0.05, 0) is 31.9 Å². The lowest BCUT2D eigenvalue weighted by molar-refractivity contribution is -0.129. The van der Waals surface area contributed by atoms with Gasteiger partial charge in [0.25, 0.3) is 5.91 Å². The molecule has 5 nitrogen and oxygen atoms in total. The van der Waals surface area contributed by atoms with E-state index in [2.05, 4.69) is 10.3 Å². The lowest BCUT2D eigenvalue weighted by Crippen LogP contribution is -2.38. The first kappa shape index (κ1) is 17.9. The molecule has 0 bridgehead atoms. The summed E-state index contributed by atoms with van der Waals surface area (Å²) in [6.07, 6.45) is 2.10. The number of carbonyl (C=O) groups excluding carboxylic acids is 2. The standard InChI is InChI=1S/C18H21N3O2S2/c1-13-20-14(11-24-13)12-25-16-7-3-2-6-15(16)18(23)19-10-17(22)21-8-4-5-9-21/h2-3,6-7,11H,4-5,8-10,12H2,1H3,(H,19,23). The lowest BCUT2D eigenvalue weighted by Gasteiger charge is -2.16. The number of aryl methyl sites for hydroxylation is 1. The van der Waals surface area contributed by atoms with Crippen LogP contribution in [0.3, 0.4) is 0 Å². The van der Waals surface area contributed by atoms with Crippen LogP contribution < -0.4 is 5.32 Å². The van der Waals surface area contributed by atoms with Crippen molar-refractivity contribution in [2.75, 3.05) is 19.6 Å². The number of rotatable bonds is 6. The summed E-state index contributed by atoms with van der Waals surface area (Å²) in [5.74, 6) is 0.514. The molecule has 1 N–H and O–H groups in total. The zero-order chi connectivity index (χ0) is 17.6. The molecule has 7 heteroatoms. The van der Waals surface area contributed by atoms with Crippen molar-refractivity contribution in [2.45, 2.75) is 30.4 Å². The summed E-state index contributed by atoms with van der Waals surface area (Å²) in [6.45, 7) is 3.64. The number of hydrogen-bond donors (Lipinski definition) is 1. The van der Waals surface area contributed by atoms with Gasteiger partial charge >= 0.3 is 0 Å². The van der Waals surface area contributed by atoms with Crippen LogP contribution in [0.5, 0.6) is 0 Å². The Labute approximate surface area is 155 Å². The molecular weight excluding hydrogens is 354 g/mol. The molecule has 0 atom stereocenters. The molecular formula is C18H21N3O2S2. The van der Waals surface area contributed by atoms with Gasteiger partial charge in [-0.3, -0.25) is 9.59 Å². The summed E-state index contributed by atoms with van der Waals surface area (Å²) in [6, 6.07) is 7.49. The quantitative estimate of drug-likeness (QED) is 0.788. The Morgan fingerprint density at radius 3 is 2.76 bits per heavy atom. The van der Waals surface area contributed by atoms with Crippen molar-refractivity contribution in [3.63, 3.8) is 0 Å². The van der Waals surface area contributed by atoms with Gasteiger partial charge < -0.3 is 10.2 Å². The van der Waals surface area contributed by atoms with E-state index in [1.54, 1.807) is 29.2 Å². The van der Waals surface area contributed by atoms with Crippen molar-refractivity contribution >= 4 is 34.9 Å². The highest BCUT2D eigenvalue weighted by atomic mass is 32.2. The Bertz CT molecular complexity index is 754. The number of thiazole rings is 1. The molecule has 1 aliphatic rings. The van der Waals surface area contributed by atoms with Crippen LogP contribution in [0.1, 0.15) is 33.9 Å². The maximum absolute atomic E-state index is 12.5. The average molecular weight is 376 g/mol. The summed E-state index contributed by atoms with van der Waals surface area (Å²) in [5.41, 5.74) is 1.63. The molecule has 0 spiro atoms. The highest BCUT2D eigenvalue weighted by Gasteiger charge is 2.19. The zero-order valence-electron chi connectivity index (χ0n) is 14.2. The largest absolute Gasteiger partial charge is 0.343 e. The Morgan fingerprint density at radius 1 is 1.28 bits per heavy atom. The van der Waals surface area contributed by atoms with E-state index in [0.717, 1.165) is 47.3 Å². The molecule has 0 saturated carbocycles. The predicted octanol–water partition coefficient (Wildman–Crippen LogP) is 3.10. The molecule has 2 amide bonds. The van der Waals surface area contributed by atoms with Gasteiger partial charge in [-0.2, -0.15) is 0 Å². The number of nitrogens with one attached hydrogen (secondary N) is 1. The fourth-order valence-electron chi connectivity index (χ4n) is 2.74. The van der Waals surface area contributed by atoms with E-state index in [4.69, 9.17) is 0 Å². The molecule has 0 aliphatic carbocycles. The number of amides is 2. The fourth-order valence-corrected chi connectivity index (χ4v) is 4.40. The van der Waals surface area contributed by atoms with E-state index in [1.807, 2.05) is 35.4 Å². The van der Waals surface area contributed by atoms with Crippen LogP contribution in [-0.2, 0) is 10.5 Å². The number of thioether (sulfide) groups is 1. The van der Waals surface area contributed by atoms with Crippen LogP contribution in [0.15, 0.2) is 34.5 Å². The SMILES string of the molecule is Cc1nc(CSc2ccccc2C(=O)NCC(=O)N2CCCC2)cs1. The number of likely N-dealkylation sites (tertiary alicyclic amines) is 1. The molecule has 0 radical (unpaired) electrons. The van der Waals surface area contributed by atoms with Gasteiger partial charge in [-0.15, -0.1) is 23.1 Å². The summed E-state index contributed by atoms with van der Waals surface area (Å²) in [7, 11) is 0. The van der Waals surface area contributed by atoms with Gasteiger partial charge in [0, 0.05) is 29.1 Å². The molecule has 2 heterocycles. The number of hydrogen-bond acceptors (Lipinski definition) is 5. The minimum Gasteiger partial charge on any atom is -0.343 e. The normalized spacial score (nSPS) is 13.9. The van der Waals surface area contributed by atoms with Crippen molar-refractivity contribution in [3.05, 3.63) is 45.9 Å². The lowest BCUT2D eigenvalue weighted by atomic mass is 10.2. The Kier molecular flexibility index (Phi) is 6.09. The third-order valence-electron chi connectivity index (χ3n) is 4.03.